The minimum Gasteiger partial charge on any atom is -0.182 e. The van der Waals surface area contributed by atoms with Gasteiger partial charge in [-0.2, -0.15) is 10.3 Å². The van der Waals surface area contributed by atoms with E-state index in [-0.39, 0.29) is 0 Å². The Morgan fingerprint density at radius 2 is 2.25 bits per heavy atom. The second kappa shape index (κ2) is 5.64. The standard InChI is InChI=1S/C6H6N2/c1-2-3-4-5-8-6-7/h2-5H,1H2/b4-3-,8-5?. The van der Waals surface area contributed by atoms with Crippen molar-refractivity contribution in [1.82, 2.24) is 0 Å². The molecule has 0 aromatic rings. The third-order valence-electron chi connectivity index (χ3n) is 0.466. The Labute approximate surface area is 48.5 Å². The van der Waals surface area contributed by atoms with E-state index in [1.807, 2.05) is 0 Å². The van der Waals surface area contributed by atoms with Gasteiger partial charge in [0.15, 0.2) is 0 Å². The van der Waals surface area contributed by atoms with E-state index in [2.05, 4.69) is 11.6 Å². The predicted molar refractivity (Wildman–Crippen MR) is 33.4 cm³/mol. The lowest BCUT2D eigenvalue weighted by Crippen LogP contribution is -1.57. The lowest BCUT2D eigenvalue weighted by molar-refractivity contribution is 1.45. The SMILES string of the molecule is C=C/C=C\C=NC#N. The molecule has 0 amide bonds. The molecule has 0 saturated carbocycles. The van der Waals surface area contributed by atoms with Gasteiger partial charge in [-0.1, -0.05) is 18.7 Å². The van der Waals surface area contributed by atoms with Crippen molar-refractivity contribution in [3.8, 4) is 6.19 Å². The van der Waals surface area contributed by atoms with Gasteiger partial charge in [0.05, 0.1) is 0 Å². The van der Waals surface area contributed by atoms with Crippen LogP contribution in [0.15, 0.2) is 29.8 Å². The van der Waals surface area contributed by atoms with Crippen LogP contribution in [0.4, 0.5) is 0 Å². The number of nitriles is 1. The fourth-order valence-corrected chi connectivity index (χ4v) is 0.205. The molecule has 40 valence electrons. The van der Waals surface area contributed by atoms with E-state index < -0.39 is 0 Å². The molecular formula is C6H6N2. The first-order chi connectivity index (χ1) is 3.91. The Bertz CT molecular complexity index is 148. The zero-order valence-corrected chi connectivity index (χ0v) is 4.41. The van der Waals surface area contributed by atoms with Crippen LogP contribution in [0.5, 0.6) is 0 Å². The van der Waals surface area contributed by atoms with Crippen molar-refractivity contribution in [2.75, 3.05) is 0 Å². The largest absolute Gasteiger partial charge is 0.205 e. The maximum absolute atomic E-state index is 7.86. The smallest absolute Gasteiger partial charge is 0.182 e. The average molecular weight is 106 g/mol. The van der Waals surface area contributed by atoms with Crippen LogP contribution >= 0.6 is 0 Å². The third kappa shape index (κ3) is 4.64. The van der Waals surface area contributed by atoms with Gasteiger partial charge in [0.25, 0.3) is 0 Å². The van der Waals surface area contributed by atoms with Crippen LogP contribution in [-0.4, -0.2) is 6.21 Å². The molecule has 0 aliphatic carbocycles. The van der Waals surface area contributed by atoms with E-state index in [1.54, 1.807) is 24.4 Å². The molecule has 2 nitrogen and oxygen atoms in total. The lowest BCUT2D eigenvalue weighted by atomic mass is 10.5. The topological polar surface area (TPSA) is 36.1 Å². The number of allylic oxidation sites excluding steroid dienone is 3. The summed E-state index contributed by atoms with van der Waals surface area (Å²) in [6, 6.07) is 0. The second-order valence-electron chi connectivity index (χ2n) is 0.999. The van der Waals surface area contributed by atoms with E-state index in [1.165, 1.54) is 6.21 Å². The molecule has 2 heteroatoms. The second-order valence-corrected chi connectivity index (χ2v) is 0.999. The molecule has 0 radical (unpaired) electrons. The average Bonchev–Trinajstić information content (AvgIpc) is 1.81. The van der Waals surface area contributed by atoms with Crippen molar-refractivity contribution in [3.05, 3.63) is 24.8 Å². The summed E-state index contributed by atoms with van der Waals surface area (Å²) in [5.74, 6) is 0. The van der Waals surface area contributed by atoms with Crippen molar-refractivity contribution in [2.24, 2.45) is 4.99 Å². The van der Waals surface area contributed by atoms with Crippen molar-refractivity contribution in [2.45, 2.75) is 0 Å². The number of hydrogen-bond acceptors (Lipinski definition) is 2. The molecule has 0 spiro atoms. The Morgan fingerprint density at radius 1 is 1.50 bits per heavy atom. The molecule has 0 N–H and O–H groups in total. The Balaban J connectivity index is 3.46. The van der Waals surface area contributed by atoms with Gasteiger partial charge in [0.1, 0.15) is 0 Å². The summed E-state index contributed by atoms with van der Waals surface area (Å²) in [5.41, 5.74) is 0. The van der Waals surface area contributed by atoms with Crippen LogP contribution in [-0.2, 0) is 0 Å². The first-order valence-corrected chi connectivity index (χ1v) is 2.11. The van der Waals surface area contributed by atoms with E-state index in [0.29, 0.717) is 0 Å². The predicted octanol–water partition coefficient (Wildman–Crippen LogP) is 1.28. The molecular weight excluding hydrogens is 100 g/mol. The van der Waals surface area contributed by atoms with E-state index in [9.17, 15) is 0 Å². The zero-order chi connectivity index (χ0) is 6.24. The highest BCUT2D eigenvalue weighted by Gasteiger charge is 1.57. The van der Waals surface area contributed by atoms with Crippen LogP contribution in [0.25, 0.3) is 0 Å². The Hall–Kier alpha value is -1.36. The van der Waals surface area contributed by atoms with E-state index in [4.69, 9.17) is 5.26 Å². The summed E-state index contributed by atoms with van der Waals surface area (Å²) in [6.07, 6.45) is 7.96. The van der Waals surface area contributed by atoms with E-state index in [0.717, 1.165) is 0 Å². The summed E-state index contributed by atoms with van der Waals surface area (Å²) in [4.78, 5) is 3.26. The fourth-order valence-electron chi connectivity index (χ4n) is 0.205. The normalized spacial score (nSPS) is 9.88. The van der Waals surface area contributed by atoms with Gasteiger partial charge in [-0.3, -0.25) is 0 Å². The van der Waals surface area contributed by atoms with Gasteiger partial charge in [0, 0.05) is 6.21 Å². The summed E-state index contributed by atoms with van der Waals surface area (Å²) in [7, 11) is 0. The molecule has 0 rings (SSSR count). The number of nitrogens with zero attached hydrogens (tertiary/aromatic N) is 2. The van der Waals surface area contributed by atoms with Crippen LogP contribution in [0.2, 0.25) is 0 Å². The molecule has 0 bridgehead atoms. The fraction of sp³-hybridized carbons (Fsp3) is 0. The van der Waals surface area contributed by atoms with Gasteiger partial charge in [-0.25, -0.2) is 0 Å². The summed E-state index contributed by atoms with van der Waals surface area (Å²) >= 11 is 0. The molecule has 0 aliphatic heterocycles. The number of hydrogen-bond donors (Lipinski definition) is 0. The molecule has 0 heterocycles. The van der Waals surface area contributed by atoms with Crippen LogP contribution in [0.1, 0.15) is 0 Å². The van der Waals surface area contributed by atoms with Gasteiger partial charge < -0.3 is 0 Å². The van der Waals surface area contributed by atoms with Gasteiger partial charge in [-0.15, -0.1) is 0 Å². The van der Waals surface area contributed by atoms with Crippen LogP contribution < -0.4 is 0 Å². The molecule has 0 fully saturated rings. The van der Waals surface area contributed by atoms with Crippen LogP contribution in [0.3, 0.4) is 0 Å². The highest BCUT2D eigenvalue weighted by molar-refractivity contribution is 5.72. The van der Waals surface area contributed by atoms with Gasteiger partial charge >= 0.3 is 0 Å². The summed E-state index contributed by atoms with van der Waals surface area (Å²) < 4.78 is 0. The highest BCUT2D eigenvalue weighted by Crippen LogP contribution is 1.67. The minimum atomic E-state index is 1.40. The maximum Gasteiger partial charge on any atom is 0.205 e. The number of aliphatic imine (C=N–C) groups is 1. The quantitative estimate of drug-likeness (QED) is 0.297. The first kappa shape index (κ1) is 6.64. The van der Waals surface area contributed by atoms with Crippen molar-refractivity contribution in [1.29, 1.82) is 5.26 Å². The first-order valence-electron chi connectivity index (χ1n) is 2.11. The maximum atomic E-state index is 7.86. The van der Waals surface area contributed by atoms with Crippen molar-refractivity contribution < 1.29 is 0 Å². The van der Waals surface area contributed by atoms with Crippen molar-refractivity contribution >= 4 is 6.21 Å². The zero-order valence-electron chi connectivity index (χ0n) is 4.41. The molecule has 0 unspecified atom stereocenters. The molecule has 0 saturated heterocycles. The van der Waals surface area contributed by atoms with Crippen molar-refractivity contribution in [3.63, 3.8) is 0 Å². The minimum absolute atomic E-state index is 1.40. The lowest BCUT2D eigenvalue weighted by Gasteiger charge is -1.63. The summed E-state index contributed by atoms with van der Waals surface area (Å²) in [6.45, 7) is 3.43. The molecule has 0 aromatic heterocycles. The van der Waals surface area contributed by atoms with E-state index >= 15 is 0 Å². The van der Waals surface area contributed by atoms with Crippen LogP contribution in [0, 0.1) is 11.5 Å². The Kier molecular flexibility index (Phi) is 4.68. The number of rotatable bonds is 2. The molecule has 0 aromatic carbocycles. The molecule has 0 aliphatic rings. The Morgan fingerprint density at radius 3 is 2.75 bits per heavy atom. The molecule has 8 heavy (non-hydrogen) atoms. The monoisotopic (exact) mass is 106 g/mol. The summed E-state index contributed by atoms with van der Waals surface area (Å²) in [5, 5.41) is 7.86. The van der Waals surface area contributed by atoms with Gasteiger partial charge in [-0.05, 0) is 6.08 Å². The van der Waals surface area contributed by atoms with Gasteiger partial charge in [0.2, 0.25) is 6.19 Å². The highest BCUT2D eigenvalue weighted by atomic mass is 14.7. The molecule has 0 atom stereocenters. The third-order valence-corrected chi connectivity index (χ3v) is 0.466.